The van der Waals surface area contributed by atoms with E-state index in [0.717, 1.165) is 33.5 Å². The second-order valence-corrected chi connectivity index (χ2v) is 9.16. The van der Waals surface area contributed by atoms with E-state index in [-0.39, 0.29) is 29.7 Å². The quantitative estimate of drug-likeness (QED) is 0.426. The molecule has 1 aliphatic rings. The minimum atomic E-state index is -1.14. The lowest BCUT2D eigenvalue weighted by Crippen LogP contribution is -2.32. The standard InChI is InChI=1S/C26H29NO7S/c1-5-32-20-8-6-7-18(24(20)34-15-23(28)29)14-22-25(30)27(26(31)35-22)11-12-33-21-13-17(4)9-10-19(21)16(2)3/h6-10,13-14,16H,5,11-12,15H2,1-4H3,(H,28,29)/b22-14-. The number of aryl methyl sites for hydroxylation is 1. The van der Waals surface area contributed by atoms with Crippen molar-refractivity contribution in [2.24, 2.45) is 0 Å². The van der Waals surface area contributed by atoms with Crippen molar-refractivity contribution >= 4 is 35.0 Å². The zero-order valence-corrected chi connectivity index (χ0v) is 21.0. The van der Waals surface area contributed by atoms with Crippen LogP contribution in [-0.4, -0.2) is 53.5 Å². The molecule has 1 heterocycles. The summed E-state index contributed by atoms with van der Waals surface area (Å²) in [4.78, 5) is 37.9. The lowest BCUT2D eigenvalue weighted by Gasteiger charge is -2.17. The fourth-order valence-electron chi connectivity index (χ4n) is 3.53. The van der Waals surface area contributed by atoms with E-state index in [1.54, 1.807) is 25.1 Å². The number of thioether (sulfide) groups is 1. The molecule has 1 saturated heterocycles. The third-order valence-electron chi connectivity index (χ3n) is 5.17. The molecule has 0 spiro atoms. The Labute approximate surface area is 208 Å². The van der Waals surface area contributed by atoms with Crippen LogP contribution in [0.4, 0.5) is 4.79 Å². The van der Waals surface area contributed by atoms with E-state index < -0.39 is 23.7 Å². The first kappa shape index (κ1) is 26.2. The van der Waals surface area contributed by atoms with Gasteiger partial charge >= 0.3 is 5.97 Å². The van der Waals surface area contributed by atoms with Gasteiger partial charge in [-0.1, -0.05) is 38.1 Å². The molecule has 3 rings (SSSR count). The summed E-state index contributed by atoms with van der Waals surface area (Å²) >= 11 is 0.816. The highest BCUT2D eigenvalue weighted by Crippen LogP contribution is 2.37. The van der Waals surface area contributed by atoms with Crippen molar-refractivity contribution in [3.05, 3.63) is 58.0 Å². The summed E-state index contributed by atoms with van der Waals surface area (Å²) in [6.07, 6.45) is 1.52. The summed E-state index contributed by atoms with van der Waals surface area (Å²) in [5, 5.41) is 8.61. The number of ether oxygens (including phenoxy) is 3. The molecule has 9 heteroatoms. The molecule has 0 radical (unpaired) electrons. The number of aliphatic carboxylic acids is 1. The van der Waals surface area contributed by atoms with Crippen LogP contribution in [-0.2, 0) is 9.59 Å². The molecular weight excluding hydrogens is 470 g/mol. The predicted molar refractivity (Wildman–Crippen MR) is 134 cm³/mol. The van der Waals surface area contributed by atoms with Gasteiger partial charge < -0.3 is 19.3 Å². The monoisotopic (exact) mass is 499 g/mol. The molecular formula is C26H29NO7S. The van der Waals surface area contributed by atoms with Gasteiger partial charge in [-0.3, -0.25) is 14.5 Å². The Morgan fingerprint density at radius 3 is 2.57 bits per heavy atom. The highest BCUT2D eigenvalue weighted by atomic mass is 32.2. The number of hydrogen-bond donors (Lipinski definition) is 1. The molecule has 2 amide bonds. The fourth-order valence-corrected chi connectivity index (χ4v) is 4.38. The number of rotatable bonds is 11. The van der Waals surface area contributed by atoms with Crippen LogP contribution in [0.2, 0.25) is 0 Å². The molecule has 0 aromatic heterocycles. The average molecular weight is 500 g/mol. The topological polar surface area (TPSA) is 102 Å². The summed E-state index contributed by atoms with van der Waals surface area (Å²) in [6, 6.07) is 11.0. The highest BCUT2D eigenvalue weighted by Gasteiger charge is 2.35. The van der Waals surface area contributed by atoms with Crippen LogP contribution in [0, 0.1) is 6.92 Å². The Kier molecular flexibility index (Phi) is 8.81. The number of imide groups is 1. The van der Waals surface area contributed by atoms with Crippen LogP contribution < -0.4 is 14.2 Å². The lowest BCUT2D eigenvalue weighted by molar-refractivity contribution is -0.139. The largest absolute Gasteiger partial charge is 0.491 e. The Morgan fingerprint density at radius 2 is 1.89 bits per heavy atom. The number of carbonyl (C=O) groups excluding carboxylic acids is 2. The van der Waals surface area contributed by atoms with Crippen molar-refractivity contribution in [1.29, 1.82) is 0 Å². The number of carboxylic acids is 1. The smallest absolute Gasteiger partial charge is 0.341 e. The van der Waals surface area contributed by atoms with Crippen molar-refractivity contribution in [2.75, 3.05) is 26.4 Å². The van der Waals surface area contributed by atoms with Crippen LogP contribution in [0.3, 0.4) is 0 Å². The minimum Gasteiger partial charge on any atom is -0.491 e. The number of nitrogens with zero attached hydrogens (tertiary/aromatic N) is 1. The van der Waals surface area contributed by atoms with Gasteiger partial charge in [-0.2, -0.15) is 0 Å². The van der Waals surface area contributed by atoms with Gasteiger partial charge in [0, 0.05) is 5.56 Å². The van der Waals surface area contributed by atoms with Gasteiger partial charge in [0.2, 0.25) is 0 Å². The van der Waals surface area contributed by atoms with Gasteiger partial charge in [0.05, 0.1) is 18.1 Å². The molecule has 0 aliphatic carbocycles. The van der Waals surface area contributed by atoms with Crippen molar-refractivity contribution in [3.8, 4) is 17.2 Å². The molecule has 0 saturated carbocycles. The second kappa shape index (κ2) is 11.8. The maximum absolute atomic E-state index is 13.0. The van der Waals surface area contributed by atoms with E-state index in [1.165, 1.54) is 6.08 Å². The average Bonchev–Trinajstić information content (AvgIpc) is 3.06. The maximum atomic E-state index is 13.0. The predicted octanol–water partition coefficient (Wildman–Crippen LogP) is 5.10. The maximum Gasteiger partial charge on any atom is 0.341 e. The van der Waals surface area contributed by atoms with Gasteiger partial charge in [-0.05, 0) is 60.9 Å². The molecule has 8 nitrogen and oxygen atoms in total. The summed E-state index contributed by atoms with van der Waals surface area (Å²) in [6.45, 7) is 7.98. The van der Waals surface area contributed by atoms with E-state index in [0.29, 0.717) is 17.9 Å². The van der Waals surface area contributed by atoms with Gasteiger partial charge in [0.15, 0.2) is 18.1 Å². The van der Waals surface area contributed by atoms with Crippen molar-refractivity contribution in [3.63, 3.8) is 0 Å². The Bertz CT molecular complexity index is 1140. The molecule has 0 unspecified atom stereocenters. The van der Waals surface area contributed by atoms with E-state index >= 15 is 0 Å². The van der Waals surface area contributed by atoms with E-state index in [1.807, 2.05) is 25.1 Å². The van der Waals surface area contributed by atoms with Crippen LogP contribution in [0.1, 0.15) is 43.4 Å². The Hall–Kier alpha value is -3.46. The SMILES string of the molecule is CCOc1cccc(/C=C2\SC(=O)N(CCOc3cc(C)ccc3C(C)C)C2=O)c1OCC(=O)O. The van der Waals surface area contributed by atoms with Crippen molar-refractivity contribution in [2.45, 2.75) is 33.6 Å². The number of carbonyl (C=O) groups is 3. The first-order valence-electron chi connectivity index (χ1n) is 11.3. The molecule has 2 aromatic rings. The Balaban J connectivity index is 1.76. The minimum absolute atomic E-state index is 0.106. The van der Waals surface area contributed by atoms with Crippen LogP contribution >= 0.6 is 11.8 Å². The summed E-state index contributed by atoms with van der Waals surface area (Å²) in [5.74, 6) is -0.00674. The number of carboxylic acid groups (broad SMARTS) is 1. The normalized spacial score (nSPS) is 14.7. The van der Waals surface area contributed by atoms with Crippen LogP contribution in [0.25, 0.3) is 6.08 Å². The zero-order valence-electron chi connectivity index (χ0n) is 20.2. The zero-order chi connectivity index (χ0) is 25.5. The number of hydrogen-bond acceptors (Lipinski definition) is 7. The molecule has 2 aromatic carbocycles. The van der Waals surface area contributed by atoms with Crippen molar-refractivity contribution < 1.29 is 33.7 Å². The first-order valence-corrected chi connectivity index (χ1v) is 12.1. The second-order valence-electron chi connectivity index (χ2n) is 8.17. The van der Waals surface area contributed by atoms with E-state index in [2.05, 4.69) is 13.8 Å². The molecule has 0 atom stereocenters. The first-order chi connectivity index (χ1) is 16.7. The van der Waals surface area contributed by atoms with Gasteiger partial charge in [0.1, 0.15) is 12.4 Å². The molecule has 1 fully saturated rings. The highest BCUT2D eigenvalue weighted by molar-refractivity contribution is 8.18. The van der Waals surface area contributed by atoms with Crippen LogP contribution in [0.15, 0.2) is 41.3 Å². The number of amides is 2. The van der Waals surface area contributed by atoms with Crippen molar-refractivity contribution in [1.82, 2.24) is 4.90 Å². The van der Waals surface area contributed by atoms with E-state index in [9.17, 15) is 14.4 Å². The third-order valence-corrected chi connectivity index (χ3v) is 6.08. The molecule has 0 bridgehead atoms. The van der Waals surface area contributed by atoms with E-state index in [4.69, 9.17) is 19.3 Å². The van der Waals surface area contributed by atoms with Gasteiger partial charge in [0.25, 0.3) is 11.1 Å². The fraction of sp³-hybridized carbons (Fsp3) is 0.346. The lowest BCUT2D eigenvalue weighted by atomic mass is 10.0. The number of benzene rings is 2. The molecule has 1 aliphatic heterocycles. The van der Waals surface area contributed by atoms with Crippen LogP contribution in [0.5, 0.6) is 17.2 Å². The summed E-state index contributed by atoms with van der Waals surface area (Å²) in [7, 11) is 0. The molecule has 186 valence electrons. The Morgan fingerprint density at radius 1 is 1.11 bits per heavy atom. The third kappa shape index (κ3) is 6.57. The summed E-state index contributed by atoms with van der Waals surface area (Å²) < 4.78 is 16.9. The molecule has 1 N–H and O–H groups in total. The van der Waals surface area contributed by atoms with Gasteiger partial charge in [-0.25, -0.2) is 4.79 Å². The molecule has 35 heavy (non-hydrogen) atoms. The number of para-hydroxylation sites is 1. The van der Waals surface area contributed by atoms with Gasteiger partial charge in [-0.15, -0.1) is 0 Å². The summed E-state index contributed by atoms with van der Waals surface area (Å²) in [5.41, 5.74) is 2.57.